The molecule has 0 bridgehead atoms. The minimum atomic E-state index is -0.370. The van der Waals surface area contributed by atoms with Gasteiger partial charge >= 0.3 is 0 Å². The molecule has 2 N–H and O–H groups in total. The van der Waals surface area contributed by atoms with Gasteiger partial charge in [0, 0.05) is 17.0 Å². The molecule has 0 spiro atoms. The first-order valence-corrected chi connectivity index (χ1v) is 9.32. The summed E-state index contributed by atoms with van der Waals surface area (Å²) in [6, 6.07) is 5.06. The number of rotatable bonds is 6. The van der Waals surface area contributed by atoms with Gasteiger partial charge in [-0.3, -0.25) is 9.59 Å². The molecule has 26 heavy (non-hydrogen) atoms. The van der Waals surface area contributed by atoms with Crippen LogP contribution in [0.3, 0.4) is 0 Å². The SMILES string of the molecule is COc1cc(NC(=O)CNC(=O)c2cc3c(s2)CCC3)c(OC)cc1Cl. The topological polar surface area (TPSA) is 76.7 Å². The Bertz CT molecular complexity index is 828. The van der Waals surface area contributed by atoms with Crippen LogP contribution in [-0.4, -0.2) is 32.6 Å². The molecular formula is C18H19ClN2O4S. The summed E-state index contributed by atoms with van der Waals surface area (Å²) in [6.45, 7) is -0.143. The monoisotopic (exact) mass is 394 g/mol. The maximum Gasteiger partial charge on any atom is 0.261 e. The van der Waals surface area contributed by atoms with Crippen molar-refractivity contribution in [1.29, 1.82) is 0 Å². The van der Waals surface area contributed by atoms with Crippen LogP contribution in [0.25, 0.3) is 0 Å². The van der Waals surface area contributed by atoms with Gasteiger partial charge in [-0.05, 0) is 30.9 Å². The number of fused-ring (bicyclic) bond motifs is 1. The number of hydrogen-bond acceptors (Lipinski definition) is 5. The van der Waals surface area contributed by atoms with Crippen molar-refractivity contribution in [2.75, 3.05) is 26.1 Å². The Kier molecular flexibility index (Phi) is 5.68. The van der Waals surface area contributed by atoms with Crippen LogP contribution in [0.1, 0.15) is 26.5 Å². The van der Waals surface area contributed by atoms with E-state index in [-0.39, 0.29) is 18.4 Å². The number of nitrogens with one attached hydrogen (secondary N) is 2. The molecule has 1 aromatic carbocycles. The highest BCUT2D eigenvalue weighted by molar-refractivity contribution is 7.14. The standard InChI is InChI=1S/C18H19ClN2O4S/c1-24-13-8-12(14(25-2)7-11(13)19)21-17(22)9-20-18(23)16-6-10-4-3-5-15(10)26-16/h6-8H,3-5,9H2,1-2H3,(H,20,23)(H,21,22). The number of ether oxygens (including phenoxy) is 2. The first kappa shape index (κ1) is 18.5. The molecule has 1 aliphatic rings. The fourth-order valence-corrected chi connectivity index (χ4v) is 4.24. The highest BCUT2D eigenvalue weighted by Gasteiger charge is 2.19. The lowest BCUT2D eigenvalue weighted by Crippen LogP contribution is -2.32. The minimum Gasteiger partial charge on any atom is -0.495 e. The molecular weight excluding hydrogens is 376 g/mol. The number of benzene rings is 1. The van der Waals surface area contributed by atoms with Gasteiger partial charge in [-0.15, -0.1) is 11.3 Å². The number of halogens is 1. The van der Waals surface area contributed by atoms with E-state index in [0.717, 1.165) is 19.3 Å². The van der Waals surface area contributed by atoms with Crippen molar-refractivity contribution >= 4 is 40.4 Å². The van der Waals surface area contributed by atoms with E-state index in [1.807, 2.05) is 6.07 Å². The summed E-state index contributed by atoms with van der Waals surface area (Å²) in [5.41, 5.74) is 1.67. The zero-order chi connectivity index (χ0) is 18.7. The number of carbonyl (C=O) groups excluding carboxylic acids is 2. The van der Waals surface area contributed by atoms with E-state index in [0.29, 0.717) is 27.1 Å². The first-order chi connectivity index (χ1) is 12.5. The first-order valence-electron chi connectivity index (χ1n) is 8.13. The van der Waals surface area contributed by atoms with Crippen LogP contribution >= 0.6 is 22.9 Å². The predicted octanol–water partition coefficient (Wildman–Crippen LogP) is 3.28. The third-order valence-corrected chi connectivity index (χ3v) is 5.66. The largest absolute Gasteiger partial charge is 0.495 e. The van der Waals surface area contributed by atoms with Crippen LogP contribution in [0.2, 0.25) is 5.02 Å². The lowest BCUT2D eigenvalue weighted by Gasteiger charge is -2.13. The average molecular weight is 395 g/mol. The van der Waals surface area contributed by atoms with Gasteiger partial charge in [0.1, 0.15) is 11.5 Å². The number of anilines is 1. The fraction of sp³-hybridized carbons (Fsp3) is 0.333. The van der Waals surface area contributed by atoms with Gasteiger partial charge in [-0.1, -0.05) is 11.6 Å². The summed E-state index contributed by atoms with van der Waals surface area (Å²) in [5, 5.41) is 5.72. The Balaban J connectivity index is 1.61. The van der Waals surface area contributed by atoms with Crippen LogP contribution in [0.15, 0.2) is 18.2 Å². The molecule has 3 rings (SSSR count). The highest BCUT2D eigenvalue weighted by Crippen LogP contribution is 2.35. The minimum absolute atomic E-state index is 0.143. The zero-order valence-corrected chi connectivity index (χ0v) is 16.1. The van der Waals surface area contributed by atoms with Gasteiger partial charge in [0.25, 0.3) is 5.91 Å². The Morgan fingerprint density at radius 3 is 2.62 bits per heavy atom. The van der Waals surface area contributed by atoms with Gasteiger partial charge in [-0.25, -0.2) is 0 Å². The Morgan fingerprint density at radius 1 is 1.15 bits per heavy atom. The van der Waals surface area contributed by atoms with Crippen molar-refractivity contribution < 1.29 is 19.1 Å². The second-order valence-electron chi connectivity index (χ2n) is 5.83. The molecule has 0 aliphatic heterocycles. The molecule has 0 saturated carbocycles. The highest BCUT2D eigenvalue weighted by atomic mass is 35.5. The van der Waals surface area contributed by atoms with E-state index >= 15 is 0 Å². The number of hydrogen-bond donors (Lipinski definition) is 2. The number of carbonyl (C=O) groups is 2. The summed E-state index contributed by atoms with van der Waals surface area (Å²) in [5.74, 6) is 0.218. The molecule has 1 aromatic heterocycles. The van der Waals surface area contributed by atoms with E-state index in [9.17, 15) is 9.59 Å². The fourth-order valence-electron chi connectivity index (χ4n) is 2.84. The average Bonchev–Trinajstić information content (AvgIpc) is 3.22. The zero-order valence-electron chi connectivity index (χ0n) is 14.5. The van der Waals surface area contributed by atoms with Gasteiger partial charge in [0.2, 0.25) is 5.91 Å². The van der Waals surface area contributed by atoms with Crippen molar-refractivity contribution in [3.63, 3.8) is 0 Å². The smallest absolute Gasteiger partial charge is 0.261 e. The molecule has 0 atom stereocenters. The second-order valence-corrected chi connectivity index (χ2v) is 7.37. The molecule has 6 nitrogen and oxygen atoms in total. The molecule has 0 radical (unpaired) electrons. The molecule has 1 heterocycles. The van der Waals surface area contributed by atoms with Crippen LogP contribution in [0.4, 0.5) is 5.69 Å². The summed E-state index contributed by atoms with van der Waals surface area (Å²) in [6.07, 6.45) is 3.21. The number of thiophene rings is 1. The Morgan fingerprint density at radius 2 is 1.92 bits per heavy atom. The summed E-state index contributed by atoms with van der Waals surface area (Å²) in [4.78, 5) is 26.3. The quantitative estimate of drug-likeness (QED) is 0.788. The lowest BCUT2D eigenvalue weighted by molar-refractivity contribution is -0.115. The van der Waals surface area contributed by atoms with Crippen LogP contribution in [0.5, 0.6) is 11.5 Å². The molecule has 0 unspecified atom stereocenters. The van der Waals surface area contributed by atoms with Crippen molar-refractivity contribution in [1.82, 2.24) is 5.32 Å². The summed E-state index contributed by atoms with van der Waals surface area (Å²) in [7, 11) is 2.96. The Hall–Kier alpha value is -2.25. The molecule has 2 amide bonds. The summed E-state index contributed by atoms with van der Waals surface area (Å²) >= 11 is 7.55. The number of amides is 2. The maximum absolute atomic E-state index is 12.2. The van der Waals surface area contributed by atoms with E-state index in [2.05, 4.69) is 10.6 Å². The van der Waals surface area contributed by atoms with Gasteiger partial charge in [0.05, 0.1) is 36.4 Å². The Labute approximate surface area is 160 Å². The van der Waals surface area contributed by atoms with Crippen molar-refractivity contribution in [2.24, 2.45) is 0 Å². The lowest BCUT2D eigenvalue weighted by atomic mass is 10.2. The van der Waals surface area contributed by atoms with Crippen molar-refractivity contribution in [2.45, 2.75) is 19.3 Å². The third-order valence-electron chi connectivity index (χ3n) is 4.13. The normalized spacial score (nSPS) is 12.4. The van der Waals surface area contributed by atoms with Crippen LogP contribution in [-0.2, 0) is 17.6 Å². The molecule has 2 aromatic rings. The van der Waals surface area contributed by atoms with Gasteiger partial charge < -0.3 is 20.1 Å². The molecule has 8 heteroatoms. The van der Waals surface area contributed by atoms with Crippen LogP contribution in [0, 0.1) is 0 Å². The van der Waals surface area contributed by atoms with E-state index < -0.39 is 0 Å². The van der Waals surface area contributed by atoms with E-state index in [1.54, 1.807) is 12.1 Å². The van der Waals surface area contributed by atoms with Gasteiger partial charge in [0.15, 0.2) is 0 Å². The summed E-state index contributed by atoms with van der Waals surface area (Å²) < 4.78 is 10.4. The van der Waals surface area contributed by atoms with Crippen molar-refractivity contribution in [3.05, 3.63) is 38.5 Å². The molecule has 138 valence electrons. The second kappa shape index (κ2) is 7.97. The van der Waals surface area contributed by atoms with E-state index in [1.165, 1.54) is 36.0 Å². The molecule has 0 fully saturated rings. The maximum atomic E-state index is 12.2. The third kappa shape index (κ3) is 3.94. The predicted molar refractivity (Wildman–Crippen MR) is 102 cm³/mol. The molecule has 1 aliphatic carbocycles. The van der Waals surface area contributed by atoms with E-state index in [4.69, 9.17) is 21.1 Å². The van der Waals surface area contributed by atoms with Gasteiger partial charge in [-0.2, -0.15) is 0 Å². The van der Waals surface area contributed by atoms with Crippen LogP contribution < -0.4 is 20.1 Å². The number of aryl methyl sites for hydroxylation is 2. The molecule has 0 saturated heterocycles. The number of methoxy groups -OCH3 is 2. The van der Waals surface area contributed by atoms with Crippen molar-refractivity contribution in [3.8, 4) is 11.5 Å².